The van der Waals surface area contributed by atoms with Crippen LogP contribution in [-0.4, -0.2) is 54.6 Å². The maximum Gasteiger partial charge on any atom is 0.251 e. The number of aromatic nitrogens is 1. The molecule has 1 N–H and O–H groups in total. The smallest absolute Gasteiger partial charge is 0.251 e. The van der Waals surface area contributed by atoms with Gasteiger partial charge in [0.25, 0.3) is 5.91 Å². The molecule has 0 radical (unpaired) electrons. The van der Waals surface area contributed by atoms with Gasteiger partial charge in [-0.3, -0.25) is 14.6 Å². The number of anilines is 1. The Balaban J connectivity index is 1.85. The zero-order valence-electron chi connectivity index (χ0n) is 19.7. The van der Waals surface area contributed by atoms with Crippen LogP contribution in [0.25, 0.3) is 0 Å². The van der Waals surface area contributed by atoms with E-state index in [0.29, 0.717) is 22.7 Å². The third-order valence-corrected chi connectivity index (χ3v) is 7.03. The third kappa shape index (κ3) is 6.35. The van der Waals surface area contributed by atoms with E-state index in [1.807, 2.05) is 30.3 Å². The molecule has 1 heterocycles. The van der Waals surface area contributed by atoms with Crippen molar-refractivity contribution in [2.75, 3.05) is 38.2 Å². The number of amides is 2. The molecule has 0 spiro atoms. The van der Waals surface area contributed by atoms with Gasteiger partial charge in [-0.1, -0.05) is 18.2 Å². The highest BCUT2D eigenvalue weighted by Gasteiger charge is 2.29. The molecule has 1 unspecified atom stereocenters. The van der Waals surface area contributed by atoms with Crippen LogP contribution in [0.15, 0.2) is 77.8 Å². The van der Waals surface area contributed by atoms with E-state index in [1.54, 1.807) is 56.8 Å². The molecule has 0 aliphatic rings. The largest absolute Gasteiger partial charge is 0.497 e. The molecular formula is C26H31N3O3S. The summed E-state index contributed by atoms with van der Waals surface area (Å²) in [6.07, 6.45) is 8.44. The van der Waals surface area contributed by atoms with Gasteiger partial charge in [-0.25, -0.2) is 10.0 Å². The number of nitrogens with zero attached hydrogens (tertiary/aromatic N) is 2. The summed E-state index contributed by atoms with van der Waals surface area (Å²) >= 11 is 0. The standard InChI is InChI=1S/C26H31N3O3S/c1-29(24(30)18-21-8-6-7-17-27-21)25(19-9-13-22(32-2)14-10-19)26(31)28-20-11-15-23(16-12-20)33(3,4)5/h6-17,25H,18H2,1-5H3,(H,28,31). The molecule has 2 amide bonds. The predicted molar refractivity (Wildman–Crippen MR) is 135 cm³/mol. The monoisotopic (exact) mass is 465 g/mol. The molecule has 0 bridgehead atoms. The fourth-order valence-electron chi connectivity index (χ4n) is 3.42. The predicted octanol–water partition coefficient (Wildman–Crippen LogP) is 4.52. The van der Waals surface area contributed by atoms with Crippen LogP contribution in [0.4, 0.5) is 5.69 Å². The van der Waals surface area contributed by atoms with Crippen LogP contribution in [0.3, 0.4) is 0 Å². The Kier molecular flexibility index (Phi) is 7.76. The Labute approximate surface area is 197 Å². The number of likely N-dealkylation sites (N-methyl/N-ethyl adjacent to an activating group) is 1. The first-order valence-corrected chi connectivity index (χ1v) is 13.4. The number of ether oxygens (including phenoxy) is 1. The molecule has 7 heteroatoms. The zero-order chi connectivity index (χ0) is 24.0. The highest BCUT2D eigenvalue weighted by molar-refractivity contribution is 8.32. The first-order chi connectivity index (χ1) is 15.7. The zero-order valence-corrected chi connectivity index (χ0v) is 20.6. The molecule has 3 aromatic rings. The molecule has 3 rings (SSSR count). The molecule has 0 aliphatic carbocycles. The van der Waals surface area contributed by atoms with E-state index in [-0.39, 0.29) is 18.2 Å². The summed E-state index contributed by atoms with van der Waals surface area (Å²) in [7, 11) is 2.38. The number of hydrogen-bond donors (Lipinski definition) is 1. The van der Waals surface area contributed by atoms with Crippen molar-refractivity contribution in [1.82, 2.24) is 9.88 Å². The number of rotatable bonds is 8. The Morgan fingerprint density at radius 2 is 1.67 bits per heavy atom. The maximum atomic E-state index is 13.4. The fraction of sp³-hybridized carbons (Fsp3) is 0.269. The normalized spacial score (nSPS) is 12.5. The van der Waals surface area contributed by atoms with Gasteiger partial charge in [0, 0.05) is 24.6 Å². The molecule has 174 valence electrons. The van der Waals surface area contributed by atoms with Crippen molar-refractivity contribution >= 4 is 27.5 Å². The van der Waals surface area contributed by atoms with Crippen molar-refractivity contribution in [2.45, 2.75) is 17.4 Å². The molecule has 33 heavy (non-hydrogen) atoms. The van der Waals surface area contributed by atoms with Crippen LogP contribution < -0.4 is 10.1 Å². The fourth-order valence-corrected chi connectivity index (χ4v) is 4.37. The van der Waals surface area contributed by atoms with Gasteiger partial charge in [0.1, 0.15) is 11.8 Å². The minimum absolute atomic E-state index is 0.111. The summed E-state index contributed by atoms with van der Waals surface area (Å²) in [6.45, 7) is 0. The van der Waals surface area contributed by atoms with Crippen molar-refractivity contribution in [3.8, 4) is 5.75 Å². The second-order valence-electron chi connectivity index (χ2n) is 8.53. The lowest BCUT2D eigenvalue weighted by atomic mass is 10.0. The summed E-state index contributed by atoms with van der Waals surface area (Å²) < 4.78 is 5.24. The number of carbonyl (C=O) groups is 2. The van der Waals surface area contributed by atoms with E-state index in [1.165, 1.54) is 9.80 Å². The van der Waals surface area contributed by atoms with Gasteiger partial charge in [0.05, 0.1) is 13.5 Å². The van der Waals surface area contributed by atoms with Crippen LogP contribution in [0, 0.1) is 0 Å². The molecule has 1 aromatic heterocycles. The third-order valence-electron chi connectivity index (χ3n) is 5.35. The quantitative estimate of drug-likeness (QED) is 0.531. The Hall–Kier alpha value is -3.32. The molecule has 1 atom stereocenters. The first-order valence-electron chi connectivity index (χ1n) is 10.6. The average molecular weight is 466 g/mol. The second kappa shape index (κ2) is 10.5. The Morgan fingerprint density at radius 1 is 1.00 bits per heavy atom. The second-order valence-corrected chi connectivity index (χ2v) is 12.7. The van der Waals surface area contributed by atoms with E-state index in [0.717, 1.165) is 0 Å². The summed E-state index contributed by atoms with van der Waals surface area (Å²) in [4.78, 5) is 33.4. The summed E-state index contributed by atoms with van der Waals surface area (Å²) in [6, 6.07) is 19.7. The minimum atomic E-state index is -0.852. The number of pyridine rings is 1. The van der Waals surface area contributed by atoms with Gasteiger partial charge in [-0.15, -0.1) is 0 Å². The van der Waals surface area contributed by atoms with Crippen molar-refractivity contribution in [3.05, 3.63) is 84.2 Å². The van der Waals surface area contributed by atoms with E-state index < -0.39 is 16.1 Å². The number of hydrogen-bond acceptors (Lipinski definition) is 4. The van der Waals surface area contributed by atoms with Gasteiger partial charge in [-0.2, -0.15) is 0 Å². The van der Waals surface area contributed by atoms with Crippen LogP contribution in [0.1, 0.15) is 17.3 Å². The van der Waals surface area contributed by atoms with Gasteiger partial charge in [0.2, 0.25) is 5.91 Å². The van der Waals surface area contributed by atoms with Crippen molar-refractivity contribution in [3.63, 3.8) is 0 Å². The molecule has 0 saturated carbocycles. The minimum Gasteiger partial charge on any atom is -0.497 e. The molecule has 0 fully saturated rings. The van der Waals surface area contributed by atoms with Crippen molar-refractivity contribution in [2.24, 2.45) is 0 Å². The highest BCUT2D eigenvalue weighted by Crippen LogP contribution is 2.45. The molecular weight excluding hydrogens is 434 g/mol. The number of methoxy groups -OCH3 is 1. The average Bonchev–Trinajstić information content (AvgIpc) is 2.80. The topological polar surface area (TPSA) is 71.5 Å². The number of nitrogens with one attached hydrogen (secondary N) is 1. The first kappa shape index (κ1) is 24.3. The van der Waals surface area contributed by atoms with Gasteiger partial charge < -0.3 is 15.0 Å². The Morgan fingerprint density at radius 3 is 2.21 bits per heavy atom. The van der Waals surface area contributed by atoms with Crippen LogP contribution in [0.2, 0.25) is 0 Å². The van der Waals surface area contributed by atoms with Gasteiger partial charge in [-0.05, 0) is 77.8 Å². The molecule has 2 aromatic carbocycles. The summed E-state index contributed by atoms with van der Waals surface area (Å²) in [5, 5.41) is 2.98. The maximum absolute atomic E-state index is 13.4. The lowest BCUT2D eigenvalue weighted by Gasteiger charge is -2.28. The SMILES string of the molecule is COc1ccc(C(C(=O)Nc2ccc(S(C)(C)C)cc2)N(C)C(=O)Cc2ccccn2)cc1. The van der Waals surface area contributed by atoms with E-state index >= 15 is 0 Å². The number of carbonyl (C=O) groups excluding carboxylic acids is 2. The lowest BCUT2D eigenvalue weighted by Crippen LogP contribution is -2.39. The van der Waals surface area contributed by atoms with Crippen molar-refractivity contribution < 1.29 is 14.3 Å². The lowest BCUT2D eigenvalue weighted by molar-refractivity contribution is -0.136. The van der Waals surface area contributed by atoms with Crippen LogP contribution in [0.5, 0.6) is 5.75 Å². The number of benzene rings is 2. The summed E-state index contributed by atoms with van der Waals surface area (Å²) in [5.41, 5.74) is 2.04. The van der Waals surface area contributed by atoms with E-state index in [2.05, 4.69) is 29.1 Å². The molecule has 0 aliphatic heterocycles. The van der Waals surface area contributed by atoms with Gasteiger partial charge >= 0.3 is 0 Å². The van der Waals surface area contributed by atoms with Crippen LogP contribution in [-0.2, 0) is 16.0 Å². The van der Waals surface area contributed by atoms with E-state index in [9.17, 15) is 9.59 Å². The highest BCUT2D eigenvalue weighted by atomic mass is 32.3. The van der Waals surface area contributed by atoms with Crippen molar-refractivity contribution in [1.29, 1.82) is 0 Å². The molecule has 6 nitrogen and oxygen atoms in total. The van der Waals surface area contributed by atoms with Crippen LogP contribution >= 0.6 is 10.0 Å². The molecule has 0 saturated heterocycles. The van der Waals surface area contributed by atoms with E-state index in [4.69, 9.17) is 4.74 Å². The summed E-state index contributed by atoms with van der Waals surface area (Å²) in [5.74, 6) is 0.199. The Bertz CT molecular complexity index is 1080. The van der Waals surface area contributed by atoms with Gasteiger partial charge in [0.15, 0.2) is 0 Å².